The summed E-state index contributed by atoms with van der Waals surface area (Å²) in [5.41, 5.74) is 0. The van der Waals surface area contributed by atoms with Gasteiger partial charge in [0.15, 0.2) is 0 Å². The highest BCUT2D eigenvalue weighted by molar-refractivity contribution is 5.87. The number of hydrogen-bond acceptors (Lipinski definition) is 2. The standard InChI is InChI=1S/C7H11NO2/c1-2-3-7(9)8-6-4-10-5-6/h2-3,6H,4-5H2,1H3,(H,8,9). The van der Waals surface area contributed by atoms with Gasteiger partial charge in [-0.15, -0.1) is 0 Å². The summed E-state index contributed by atoms with van der Waals surface area (Å²) in [6, 6.07) is 0.240. The van der Waals surface area contributed by atoms with Crippen LogP contribution >= 0.6 is 0 Å². The first-order valence-electron chi connectivity index (χ1n) is 3.34. The highest BCUT2D eigenvalue weighted by Crippen LogP contribution is 1.98. The number of allylic oxidation sites excluding steroid dienone is 1. The minimum Gasteiger partial charge on any atom is -0.377 e. The lowest BCUT2D eigenvalue weighted by Crippen LogP contribution is -2.48. The fourth-order valence-corrected chi connectivity index (χ4v) is 0.720. The van der Waals surface area contributed by atoms with Crippen LogP contribution in [0.2, 0.25) is 0 Å². The van der Waals surface area contributed by atoms with Crippen LogP contribution in [0.1, 0.15) is 6.92 Å². The zero-order valence-electron chi connectivity index (χ0n) is 5.96. The average molecular weight is 141 g/mol. The molecule has 3 nitrogen and oxygen atoms in total. The predicted octanol–water partition coefficient (Wildman–Crippen LogP) is 0.0775. The first-order valence-corrected chi connectivity index (χ1v) is 3.34. The summed E-state index contributed by atoms with van der Waals surface area (Å²) in [7, 11) is 0. The molecule has 0 aromatic carbocycles. The van der Waals surface area contributed by atoms with Crippen LogP contribution in [0.4, 0.5) is 0 Å². The maximum atomic E-state index is 10.8. The van der Waals surface area contributed by atoms with Gasteiger partial charge in [-0.1, -0.05) is 6.08 Å². The third kappa shape index (κ3) is 1.84. The van der Waals surface area contributed by atoms with Crippen molar-refractivity contribution in [2.75, 3.05) is 13.2 Å². The van der Waals surface area contributed by atoms with Crippen molar-refractivity contribution in [2.45, 2.75) is 13.0 Å². The molecule has 10 heavy (non-hydrogen) atoms. The molecule has 1 heterocycles. The molecule has 56 valence electrons. The van der Waals surface area contributed by atoms with E-state index in [-0.39, 0.29) is 11.9 Å². The van der Waals surface area contributed by atoms with Gasteiger partial charge in [0.05, 0.1) is 19.3 Å². The summed E-state index contributed by atoms with van der Waals surface area (Å²) in [6.45, 7) is 3.13. The fourth-order valence-electron chi connectivity index (χ4n) is 0.720. The van der Waals surface area contributed by atoms with E-state index in [1.54, 1.807) is 6.08 Å². The topological polar surface area (TPSA) is 38.3 Å². The number of nitrogens with one attached hydrogen (secondary N) is 1. The van der Waals surface area contributed by atoms with Crippen LogP contribution in [0.25, 0.3) is 0 Å². The molecule has 1 N–H and O–H groups in total. The second-order valence-corrected chi connectivity index (χ2v) is 2.24. The number of ether oxygens (including phenoxy) is 1. The largest absolute Gasteiger partial charge is 0.377 e. The van der Waals surface area contributed by atoms with Gasteiger partial charge in [-0.05, 0) is 13.0 Å². The Morgan fingerprint density at radius 1 is 1.70 bits per heavy atom. The SMILES string of the molecule is CC=CC(=O)NC1COC1. The molecule has 0 spiro atoms. The van der Waals surface area contributed by atoms with E-state index >= 15 is 0 Å². The molecule has 1 amide bonds. The van der Waals surface area contributed by atoms with Crippen molar-refractivity contribution >= 4 is 5.91 Å². The zero-order valence-corrected chi connectivity index (χ0v) is 5.96. The molecule has 0 unspecified atom stereocenters. The average Bonchev–Trinajstić information content (AvgIpc) is 1.80. The quantitative estimate of drug-likeness (QED) is 0.553. The Labute approximate surface area is 60.1 Å². The van der Waals surface area contributed by atoms with Crippen molar-refractivity contribution in [1.82, 2.24) is 5.32 Å². The Balaban J connectivity index is 2.17. The van der Waals surface area contributed by atoms with Crippen molar-refractivity contribution in [2.24, 2.45) is 0 Å². The third-order valence-corrected chi connectivity index (χ3v) is 1.30. The van der Waals surface area contributed by atoms with Gasteiger partial charge >= 0.3 is 0 Å². The minimum absolute atomic E-state index is 0.0317. The van der Waals surface area contributed by atoms with Crippen molar-refractivity contribution in [3.05, 3.63) is 12.2 Å². The van der Waals surface area contributed by atoms with Crippen molar-refractivity contribution < 1.29 is 9.53 Å². The second-order valence-electron chi connectivity index (χ2n) is 2.24. The number of carbonyl (C=O) groups excluding carboxylic acids is 1. The normalized spacial score (nSPS) is 18.9. The Morgan fingerprint density at radius 3 is 2.80 bits per heavy atom. The Hall–Kier alpha value is -0.830. The van der Waals surface area contributed by atoms with Crippen molar-refractivity contribution in [3.63, 3.8) is 0 Å². The van der Waals surface area contributed by atoms with E-state index in [1.165, 1.54) is 6.08 Å². The maximum Gasteiger partial charge on any atom is 0.244 e. The smallest absolute Gasteiger partial charge is 0.244 e. The molecule has 1 saturated heterocycles. The van der Waals surface area contributed by atoms with Gasteiger partial charge in [-0.2, -0.15) is 0 Å². The van der Waals surface area contributed by atoms with Crippen LogP contribution in [-0.4, -0.2) is 25.2 Å². The van der Waals surface area contributed by atoms with E-state index in [4.69, 9.17) is 4.74 Å². The minimum atomic E-state index is -0.0317. The molecular formula is C7H11NO2. The molecule has 1 rings (SSSR count). The van der Waals surface area contributed by atoms with Crippen LogP contribution in [0.15, 0.2) is 12.2 Å². The zero-order chi connectivity index (χ0) is 7.40. The Morgan fingerprint density at radius 2 is 2.40 bits per heavy atom. The van der Waals surface area contributed by atoms with Gasteiger partial charge < -0.3 is 10.1 Å². The molecule has 0 aromatic rings. The van der Waals surface area contributed by atoms with Crippen molar-refractivity contribution in [3.8, 4) is 0 Å². The molecule has 0 aliphatic carbocycles. The van der Waals surface area contributed by atoms with E-state index in [1.807, 2.05) is 6.92 Å². The first kappa shape index (κ1) is 7.28. The first-order chi connectivity index (χ1) is 4.83. The molecule has 0 bridgehead atoms. The van der Waals surface area contributed by atoms with E-state index in [9.17, 15) is 4.79 Å². The van der Waals surface area contributed by atoms with Crippen LogP contribution in [0.5, 0.6) is 0 Å². The number of carbonyl (C=O) groups is 1. The molecule has 1 fully saturated rings. The van der Waals surface area contributed by atoms with E-state index in [0.29, 0.717) is 13.2 Å². The highest BCUT2D eigenvalue weighted by atomic mass is 16.5. The summed E-state index contributed by atoms with van der Waals surface area (Å²) in [6.07, 6.45) is 3.23. The summed E-state index contributed by atoms with van der Waals surface area (Å²) in [4.78, 5) is 10.8. The van der Waals surface area contributed by atoms with E-state index in [2.05, 4.69) is 5.32 Å². The van der Waals surface area contributed by atoms with Crippen LogP contribution in [0.3, 0.4) is 0 Å². The van der Waals surface area contributed by atoms with Gasteiger partial charge in [-0.25, -0.2) is 0 Å². The molecule has 0 radical (unpaired) electrons. The molecule has 0 aromatic heterocycles. The van der Waals surface area contributed by atoms with Crippen LogP contribution < -0.4 is 5.32 Å². The molecule has 1 aliphatic rings. The Kier molecular flexibility index (Phi) is 2.45. The van der Waals surface area contributed by atoms with Crippen LogP contribution in [0, 0.1) is 0 Å². The predicted molar refractivity (Wildman–Crippen MR) is 37.6 cm³/mol. The highest BCUT2D eigenvalue weighted by Gasteiger charge is 2.18. The number of amides is 1. The monoisotopic (exact) mass is 141 g/mol. The summed E-state index contributed by atoms with van der Waals surface area (Å²) >= 11 is 0. The van der Waals surface area contributed by atoms with Crippen LogP contribution in [-0.2, 0) is 9.53 Å². The van der Waals surface area contributed by atoms with Gasteiger partial charge in [0.2, 0.25) is 5.91 Å². The molecule has 0 atom stereocenters. The molecule has 0 saturated carbocycles. The summed E-state index contributed by atoms with van der Waals surface area (Å²) in [5, 5.41) is 2.77. The van der Waals surface area contributed by atoms with E-state index in [0.717, 1.165) is 0 Å². The molecular weight excluding hydrogens is 130 g/mol. The fraction of sp³-hybridized carbons (Fsp3) is 0.571. The second kappa shape index (κ2) is 3.37. The number of hydrogen-bond donors (Lipinski definition) is 1. The van der Waals surface area contributed by atoms with Gasteiger partial charge in [0.25, 0.3) is 0 Å². The van der Waals surface area contributed by atoms with Gasteiger partial charge in [-0.3, -0.25) is 4.79 Å². The summed E-state index contributed by atoms with van der Waals surface area (Å²) < 4.78 is 4.88. The lowest BCUT2D eigenvalue weighted by atomic mass is 10.2. The lowest BCUT2D eigenvalue weighted by Gasteiger charge is -2.26. The lowest BCUT2D eigenvalue weighted by molar-refractivity contribution is -0.120. The maximum absolute atomic E-state index is 10.8. The molecule has 1 aliphatic heterocycles. The number of rotatable bonds is 2. The van der Waals surface area contributed by atoms with Crippen molar-refractivity contribution in [1.29, 1.82) is 0 Å². The van der Waals surface area contributed by atoms with Gasteiger partial charge in [0.1, 0.15) is 0 Å². The molecule has 3 heteroatoms. The third-order valence-electron chi connectivity index (χ3n) is 1.30. The Bertz CT molecular complexity index is 150. The van der Waals surface area contributed by atoms with Gasteiger partial charge in [0, 0.05) is 0 Å². The summed E-state index contributed by atoms with van der Waals surface area (Å²) in [5.74, 6) is -0.0317. The van der Waals surface area contributed by atoms with E-state index < -0.39 is 0 Å².